The first-order chi connectivity index (χ1) is 8.98. The van der Waals surface area contributed by atoms with Crippen molar-refractivity contribution in [3.8, 4) is 0 Å². The molecule has 0 atom stereocenters. The maximum Gasteiger partial charge on any atom is 0.225 e. The zero-order valence-electron chi connectivity index (χ0n) is 10.6. The second-order valence-electron chi connectivity index (χ2n) is 4.38. The standard InChI is InChI=1S/C13H17ClFNO3/c1-2-13(7-17,8-18)16-12(19)6-9-10(14)4-3-5-11(9)15/h3-5,17-18H,2,6-8H2,1H3,(H,16,19). The van der Waals surface area contributed by atoms with E-state index in [0.717, 1.165) is 0 Å². The first-order valence-corrected chi connectivity index (χ1v) is 6.31. The molecule has 0 unspecified atom stereocenters. The molecule has 0 aliphatic carbocycles. The molecule has 1 rings (SSSR count). The summed E-state index contributed by atoms with van der Waals surface area (Å²) in [5.41, 5.74) is -0.989. The van der Waals surface area contributed by atoms with Crippen LogP contribution in [0, 0.1) is 5.82 Å². The number of carbonyl (C=O) groups is 1. The highest BCUT2D eigenvalue weighted by Crippen LogP contribution is 2.20. The zero-order valence-corrected chi connectivity index (χ0v) is 11.4. The van der Waals surface area contributed by atoms with Crippen LogP contribution in [0.4, 0.5) is 4.39 Å². The number of hydrogen-bond donors (Lipinski definition) is 3. The SMILES string of the molecule is CCC(CO)(CO)NC(=O)Cc1c(F)cccc1Cl. The monoisotopic (exact) mass is 289 g/mol. The molecule has 106 valence electrons. The van der Waals surface area contributed by atoms with Crippen molar-refractivity contribution in [3.05, 3.63) is 34.6 Å². The Hall–Kier alpha value is -1.17. The summed E-state index contributed by atoms with van der Waals surface area (Å²) in [5.74, 6) is -1.06. The Morgan fingerprint density at radius 3 is 2.53 bits per heavy atom. The fourth-order valence-electron chi connectivity index (χ4n) is 1.64. The van der Waals surface area contributed by atoms with Gasteiger partial charge in [-0.1, -0.05) is 24.6 Å². The van der Waals surface area contributed by atoms with Crippen molar-refractivity contribution in [2.24, 2.45) is 0 Å². The Morgan fingerprint density at radius 2 is 2.05 bits per heavy atom. The summed E-state index contributed by atoms with van der Waals surface area (Å²) in [4.78, 5) is 11.9. The lowest BCUT2D eigenvalue weighted by atomic mass is 9.98. The molecule has 0 aliphatic heterocycles. The second kappa shape index (κ2) is 6.84. The van der Waals surface area contributed by atoms with E-state index in [9.17, 15) is 19.4 Å². The lowest BCUT2D eigenvalue weighted by Gasteiger charge is -2.29. The second-order valence-corrected chi connectivity index (χ2v) is 4.78. The highest BCUT2D eigenvalue weighted by atomic mass is 35.5. The molecular formula is C13H17ClFNO3. The molecule has 0 saturated carbocycles. The van der Waals surface area contributed by atoms with Crippen LogP contribution in [-0.4, -0.2) is 34.9 Å². The van der Waals surface area contributed by atoms with E-state index in [4.69, 9.17) is 11.6 Å². The molecule has 0 spiro atoms. The number of nitrogens with one attached hydrogen (secondary N) is 1. The minimum Gasteiger partial charge on any atom is -0.394 e. The lowest BCUT2D eigenvalue weighted by Crippen LogP contribution is -2.54. The first kappa shape index (κ1) is 15.9. The fraction of sp³-hybridized carbons (Fsp3) is 0.462. The molecule has 0 aromatic heterocycles. The predicted molar refractivity (Wildman–Crippen MR) is 70.5 cm³/mol. The topological polar surface area (TPSA) is 69.6 Å². The zero-order chi connectivity index (χ0) is 14.5. The van der Waals surface area contributed by atoms with Gasteiger partial charge >= 0.3 is 0 Å². The van der Waals surface area contributed by atoms with Crippen molar-refractivity contribution in [3.63, 3.8) is 0 Å². The van der Waals surface area contributed by atoms with E-state index in [0.29, 0.717) is 6.42 Å². The molecule has 6 heteroatoms. The number of rotatable bonds is 6. The van der Waals surface area contributed by atoms with Crippen LogP contribution >= 0.6 is 11.6 Å². The van der Waals surface area contributed by atoms with Crippen LogP contribution < -0.4 is 5.32 Å². The van der Waals surface area contributed by atoms with E-state index in [2.05, 4.69) is 5.32 Å². The Balaban J connectivity index is 2.81. The smallest absolute Gasteiger partial charge is 0.225 e. The molecule has 0 saturated heterocycles. The summed E-state index contributed by atoms with van der Waals surface area (Å²) < 4.78 is 13.5. The van der Waals surface area contributed by atoms with Gasteiger partial charge in [0.15, 0.2) is 0 Å². The number of hydrogen-bond acceptors (Lipinski definition) is 3. The van der Waals surface area contributed by atoms with E-state index >= 15 is 0 Å². The van der Waals surface area contributed by atoms with Gasteiger partial charge < -0.3 is 15.5 Å². The molecule has 1 aromatic carbocycles. The van der Waals surface area contributed by atoms with Crippen LogP contribution in [0.5, 0.6) is 0 Å². The Bertz CT molecular complexity index is 421. The molecule has 0 bridgehead atoms. The highest BCUT2D eigenvalue weighted by molar-refractivity contribution is 6.31. The van der Waals surface area contributed by atoms with Crippen LogP contribution in [0.1, 0.15) is 18.9 Å². The summed E-state index contributed by atoms with van der Waals surface area (Å²) in [5, 5.41) is 21.1. The van der Waals surface area contributed by atoms with Crippen molar-refractivity contribution >= 4 is 17.5 Å². The molecule has 1 aromatic rings. The Labute approximate surface area is 116 Å². The fourth-order valence-corrected chi connectivity index (χ4v) is 1.87. The van der Waals surface area contributed by atoms with Crippen molar-refractivity contribution in [1.29, 1.82) is 0 Å². The number of amides is 1. The van der Waals surface area contributed by atoms with Gasteiger partial charge in [0.1, 0.15) is 5.82 Å². The maximum absolute atomic E-state index is 13.5. The third kappa shape index (κ3) is 3.89. The Kier molecular flexibility index (Phi) is 5.72. The van der Waals surface area contributed by atoms with Gasteiger partial charge in [-0.25, -0.2) is 4.39 Å². The van der Waals surface area contributed by atoms with Gasteiger partial charge in [0.2, 0.25) is 5.91 Å². The van der Waals surface area contributed by atoms with Crippen molar-refractivity contribution in [2.45, 2.75) is 25.3 Å². The molecule has 0 radical (unpaired) electrons. The van der Waals surface area contributed by atoms with E-state index in [1.165, 1.54) is 18.2 Å². The summed E-state index contributed by atoms with van der Waals surface area (Å²) in [6, 6.07) is 4.18. The van der Waals surface area contributed by atoms with Gasteiger partial charge in [0.05, 0.1) is 25.2 Å². The summed E-state index contributed by atoms with van der Waals surface area (Å²) in [6.07, 6.45) is 0.115. The van der Waals surface area contributed by atoms with Gasteiger partial charge in [-0.15, -0.1) is 0 Å². The minimum absolute atomic E-state index is 0.0996. The van der Waals surface area contributed by atoms with E-state index in [-0.39, 0.29) is 17.0 Å². The molecule has 0 aliphatic rings. The third-order valence-electron chi connectivity index (χ3n) is 3.09. The lowest BCUT2D eigenvalue weighted by molar-refractivity contribution is -0.123. The van der Waals surface area contributed by atoms with Crippen LogP contribution in [0.15, 0.2) is 18.2 Å². The number of halogens is 2. The van der Waals surface area contributed by atoms with Gasteiger partial charge in [-0.05, 0) is 18.6 Å². The number of benzene rings is 1. The van der Waals surface area contributed by atoms with Crippen LogP contribution in [0.3, 0.4) is 0 Å². The first-order valence-electron chi connectivity index (χ1n) is 5.93. The average molecular weight is 290 g/mol. The molecule has 3 N–H and O–H groups in total. The van der Waals surface area contributed by atoms with Gasteiger partial charge in [-0.3, -0.25) is 4.79 Å². The third-order valence-corrected chi connectivity index (χ3v) is 3.44. The normalized spacial score (nSPS) is 11.4. The van der Waals surface area contributed by atoms with E-state index in [1.807, 2.05) is 0 Å². The summed E-state index contributed by atoms with van der Waals surface area (Å²) in [7, 11) is 0. The molecule has 4 nitrogen and oxygen atoms in total. The molecule has 1 amide bonds. The van der Waals surface area contributed by atoms with Gasteiger partial charge in [0, 0.05) is 10.6 Å². The molecule has 0 heterocycles. The maximum atomic E-state index is 13.5. The average Bonchev–Trinajstić information content (AvgIpc) is 2.41. The van der Waals surface area contributed by atoms with Crippen molar-refractivity contribution in [1.82, 2.24) is 5.32 Å². The van der Waals surface area contributed by atoms with E-state index in [1.54, 1.807) is 6.92 Å². The highest BCUT2D eigenvalue weighted by Gasteiger charge is 2.28. The Morgan fingerprint density at radius 1 is 1.42 bits per heavy atom. The minimum atomic E-state index is -1.09. The molecular weight excluding hydrogens is 273 g/mol. The van der Waals surface area contributed by atoms with Crippen LogP contribution in [0.2, 0.25) is 5.02 Å². The number of aliphatic hydroxyl groups is 2. The number of aliphatic hydroxyl groups excluding tert-OH is 2. The summed E-state index contributed by atoms with van der Waals surface area (Å²) >= 11 is 5.83. The van der Waals surface area contributed by atoms with Gasteiger partial charge in [0.25, 0.3) is 0 Å². The van der Waals surface area contributed by atoms with Crippen LogP contribution in [0.25, 0.3) is 0 Å². The van der Waals surface area contributed by atoms with E-state index < -0.39 is 30.5 Å². The largest absolute Gasteiger partial charge is 0.394 e. The van der Waals surface area contributed by atoms with Gasteiger partial charge in [-0.2, -0.15) is 0 Å². The number of carbonyl (C=O) groups excluding carboxylic acids is 1. The quantitative estimate of drug-likeness (QED) is 0.739. The van der Waals surface area contributed by atoms with Crippen LogP contribution in [-0.2, 0) is 11.2 Å². The predicted octanol–water partition coefficient (Wildman–Crippen LogP) is 1.27. The molecule has 19 heavy (non-hydrogen) atoms. The summed E-state index contributed by atoms with van der Waals surface area (Å²) in [6.45, 7) is 0.941. The van der Waals surface area contributed by atoms with Crippen molar-refractivity contribution in [2.75, 3.05) is 13.2 Å². The molecule has 0 fully saturated rings. The van der Waals surface area contributed by atoms with Crippen molar-refractivity contribution < 1.29 is 19.4 Å².